The van der Waals surface area contributed by atoms with Gasteiger partial charge in [0.25, 0.3) is 0 Å². The molecule has 0 aromatic heterocycles. The van der Waals surface area contributed by atoms with Crippen molar-refractivity contribution in [1.29, 1.82) is 5.26 Å². The molecule has 0 atom stereocenters. The zero-order valence-electron chi connectivity index (χ0n) is 9.87. The fraction of sp³-hybridized carbons (Fsp3) is 0.333. The number of rotatable bonds is 4. The molecular formula is C12H11F2NO3. The molecule has 4 nitrogen and oxygen atoms in total. The minimum absolute atomic E-state index is 0.117. The number of hydrogen-bond acceptors (Lipinski definition) is 4. The van der Waals surface area contributed by atoms with Gasteiger partial charge in [-0.15, -0.1) is 0 Å². The second-order valence-electron chi connectivity index (χ2n) is 3.30. The Morgan fingerprint density at radius 2 is 2.17 bits per heavy atom. The molecule has 1 aromatic rings. The number of ether oxygens (including phenoxy) is 2. The largest absolute Gasteiger partial charge is 0.465 e. The normalized spacial score (nSPS) is 10.0. The quantitative estimate of drug-likeness (QED) is 0.775. The third kappa shape index (κ3) is 2.74. The summed E-state index contributed by atoms with van der Waals surface area (Å²) in [5, 5.41) is 8.89. The van der Waals surface area contributed by atoms with Crippen LogP contribution in [-0.2, 0) is 11.2 Å². The van der Waals surface area contributed by atoms with E-state index in [2.05, 4.69) is 9.47 Å². The Bertz CT molecular complexity index is 495. The molecule has 0 saturated heterocycles. The first-order chi connectivity index (χ1) is 8.54. The van der Waals surface area contributed by atoms with Crippen LogP contribution in [0.5, 0.6) is 5.75 Å². The molecule has 0 aliphatic heterocycles. The van der Waals surface area contributed by atoms with E-state index in [9.17, 15) is 13.6 Å². The van der Waals surface area contributed by atoms with Gasteiger partial charge in [-0.2, -0.15) is 14.0 Å². The van der Waals surface area contributed by atoms with E-state index in [1.165, 1.54) is 12.1 Å². The first-order valence-corrected chi connectivity index (χ1v) is 5.14. The molecule has 0 radical (unpaired) electrons. The van der Waals surface area contributed by atoms with E-state index in [1.54, 1.807) is 6.92 Å². The molecule has 0 heterocycles. The number of nitrogens with zero attached hydrogens (tertiary/aromatic N) is 1. The van der Waals surface area contributed by atoms with E-state index >= 15 is 0 Å². The van der Waals surface area contributed by atoms with Crippen molar-refractivity contribution in [2.75, 3.05) is 7.11 Å². The van der Waals surface area contributed by atoms with E-state index in [4.69, 9.17) is 5.26 Å². The van der Waals surface area contributed by atoms with E-state index < -0.39 is 12.6 Å². The molecule has 0 amide bonds. The van der Waals surface area contributed by atoms with Crippen LogP contribution in [-0.4, -0.2) is 19.7 Å². The van der Waals surface area contributed by atoms with Gasteiger partial charge in [0, 0.05) is 5.56 Å². The molecule has 0 unspecified atom stereocenters. The minimum Gasteiger partial charge on any atom is -0.465 e. The van der Waals surface area contributed by atoms with E-state index in [1.807, 2.05) is 6.07 Å². The molecule has 0 spiro atoms. The zero-order valence-corrected chi connectivity index (χ0v) is 9.87. The van der Waals surface area contributed by atoms with Crippen LogP contribution >= 0.6 is 0 Å². The van der Waals surface area contributed by atoms with Gasteiger partial charge in [0.05, 0.1) is 18.7 Å². The Kier molecular flexibility index (Phi) is 4.60. The molecule has 18 heavy (non-hydrogen) atoms. The molecule has 0 aliphatic rings. The molecule has 1 aromatic carbocycles. The van der Waals surface area contributed by atoms with E-state index in [0.717, 1.165) is 7.11 Å². The summed E-state index contributed by atoms with van der Waals surface area (Å²) in [4.78, 5) is 11.5. The Labute approximate surface area is 103 Å². The summed E-state index contributed by atoms with van der Waals surface area (Å²) in [5.41, 5.74) is 0.343. The van der Waals surface area contributed by atoms with Crippen LogP contribution in [0.3, 0.4) is 0 Å². The maximum Gasteiger partial charge on any atom is 0.387 e. The third-order valence-corrected chi connectivity index (χ3v) is 2.35. The number of halogens is 2. The van der Waals surface area contributed by atoms with Gasteiger partial charge in [-0.1, -0.05) is 6.92 Å². The van der Waals surface area contributed by atoms with Crippen LogP contribution in [0.25, 0.3) is 0 Å². The number of benzene rings is 1. The molecule has 0 aliphatic carbocycles. The average molecular weight is 255 g/mol. The van der Waals surface area contributed by atoms with Crippen molar-refractivity contribution in [3.63, 3.8) is 0 Å². The highest BCUT2D eigenvalue weighted by atomic mass is 19.3. The van der Waals surface area contributed by atoms with Gasteiger partial charge in [0.2, 0.25) is 0 Å². The molecular weight excluding hydrogens is 244 g/mol. The van der Waals surface area contributed by atoms with Crippen molar-refractivity contribution in [3.8, 4) is 11.8 Å². The van der Waals surface area contributed by atoms with Gasteiger partial charge in [-0.3, -0.25) is 0 Å². The summed E-state index contributed by atoms with van der Waals surface area (Å²) in [6.07, 6.45) is 0.287. The number of nitriles is 1. The molecule has 1 rings (SSSR count). The molecule has 0 saturated carbocycles. The summed E-state index contributed by atoms with van der Waals surface area (Å²) >= 11 is 0. The summed E-state index contributed by atoms with van der Waals surface area (Å²) in [6.45, 7) is -1.40. The van der Waals surface area contributed by atoms with Crippen LogP contribution < -0.4 is 4.74 Å². The lowest BCUT2D eigenvalue weighted by Gasteiger charge is -2.14. The van der Waals surface area contributed by atoms with Crippen LogP contribution in [0.2, 0.25) is 0 Å². The van der Waals surface area contributed by atoms with Crippen LogP contribution in [0.4, 0.5) is 8.78 Å². The van der Waals surface area contributed by atoms with Crippen LogP contribution in [0, 0.1) is 11.3 Å². The fourth-order valence-electron chi connectivity index (χ4n) is 1.58. The summed E-state index contributed by atoms with van der Waals surface area (Å²) in [6, 6.07) is 4.48. The molecule has 6 heteroatoms. The lowest BCUT2D eigenvalue weighted by Crippen LogP contribution is -2.12. The molecule has 0 N–H and O–H groups in total. The highest BCUT2D eigenvalue weighted by molar-refractivity contribution is 5.93. The lowest BCUT2D eigenvalue weighted by atomic mass is 10.0. The van der Waals surface area contributed by atoms with E-state index in [0.29, 0.717) is 0 Å². The van der Waals surface area contributed by atoms with Gasteiger partial charge in [-0.25, -0.2) is 4.79 Å². The number of esters is 1. The second kappa shape index (κ2) is 5.96. The van der Waals surface area contributed by atoms with Crippen molar-refractivity contribution in [3.05, 3.63) is 28.8 Å². The molecule has 0 bridgehead atoms. The number of carbonyl (C=O) groups excluding carboxylic acids is 1. The summed E-state index contributed by atoms with van der Waals surface area (Å²) in [5.74, 6) is -1.08. The topological polar surface area (TPSA) is 59.3 Å². The fourth-order valence-corrected chi connectivity index (χ4v) is 1.58. The maximum absolute atomic E-state index is 12.4. The number of alkyl halides is 2. The highest BCUT2D eigenvalue weighted by Gasteiger charge is 2.21. The zero-order chi connectivity index (χ0) is 13.7. The van der Waals surface area contributed by atoms with Crippen molar-refractivity contribution in [2.24, 2.45) is 0 Å². The van der Waals surface area contributed by atoms with Crippen LogP contribution in [0.1, 0.15) is 28.4 Å². The lowest BCUT2D eigenvalue weighted by molar-refractivity contribution is -0.0509. The monoisotopic (exact) mass is 255 g/mol. The first-order valence-electron chi connectivity index (χ1n) is 5.14. The van der Waals surface area contributed by atoms with Gasteiger partial charge in [0.15, 0.2) is 0 Å². The average Bonchev–Trinajstić information content (AvgIpc) is 2.36. The number of carbonyl (C=O) groups is 1. The Morgan fingerprint density at radius 1 is 1.50 bits per heavy atom. The van der Waals surface area contributed by atoms with E-state index in [-0.39, 0.29) is 28.9 Å². The Morgan fingerprint density at radius 3 is 2.61 bits per heavy atom. The second-order valence-corrected chi connectivity index (χ2v) is 3.30. The van der Waals surface area contributed by atoms with Gasteiger partial charge in [-0.05, 0) is 18.6 Å². The number of hydrogen-bond donors (Lipinski definition) is 0. The Hall–Kier alpha value is -2.16. The minimum atomic E-state index is -3.08. The third-order valence-electron chi connectivity index (χ3n) is 2.35. The Balaban J connectivity index is 3.44. The summed E-state index contributed by atoms with van der Waals surface area (Å²) in [7, 11) is 1.14. The SMILES string of the molecule is CCc1c(C#N)ccc(C(=O)OC)c1OC(F)F. The predicted molar refractivity (Wildman–Crippen MR) is 58.5 cm³/mol. The molecule has 0 fully saturated rings. The van der Waals surface area contributed by atoms with Gasteiger partial charge in [0.1, 0.15) is 11.3 Å². The number of methoxy groups -OCH3 is 1. The van der Waals surface area contributed by atoms with Crippen molar-refractivity contribution >= 4 is 5.97 Å². The van der Waals surface area contributed by atoms with Crippen molar-refractivity contribution < 1.29 is 23.0 Å². The molecule has 96 valence electrons. The summed E-state index contributed by atoms with van der Waals surface area (Å²) < 4.78 is 33.6. The van der Waals surface area contributed by atoms with Gasteiger partial charge < -0.3 is 9.47 Å². The smallest absolute Gasteiger partial charge is 0.387 e. The van der Waals surface area contributed by atoms with Crippen LogP contribution in [0.15, 0.2) is 12.1 Å². The van der Waals surface area contributed by atoms with Crippen molar-refractivity contribution in [1.82, 2.24) is 0 Å². The predicted octanol–water partition coefficient (Wildman–Crippen LogP) is 2.51. The van der Waals surface area contributed by atoms with Crippen molar-refractivity contribution in [2.45, 2.75) is 20.0 Å². The van der Waals surface area contributed by atoms with Gasteiger partial charge >= 0.3 is 12.6 Å². The standard InChI is InChI=1S/C12H11F2NO3/c1-3-8-7(6-15)4-5-9(11(16)17-2)10(8)18-12(13)14/h4-5,12H,3H2,1-2H3. The maximum atomic E-state index is 12.4. The first kappa shape index (κ1) is 13.9. The highest BCUT2D eigenvalue weighted by Crippen LogP contribution is 2.30.